The van der Waals surface area contributed by atoms with E-state index in [1.807, 2.05) is 18.7 Å². The minimum absolute atomic E-state index is 0.173. The predicted octanol–water partition coefficient (Wildman–Crippen LogP) is 3.43. The number of hydrogen-bond donors (Lipinski definition) is 1. The van der Waals surface area contributed by atoms with Gasteiger partial charge in [0.1, 0.15) is 5.82 Å². The molecule has 1 aromatic carbocycles. The second kappa shape index (κ2) is 6.54. The van der Waals surface area contributed by atoms with E-state index in [4.69, 9.17) is 5.73 Å². The number of nitrogens with zero attached hydrogens (tertiary/aromatic N) is 1. The summed E-state index contributed by atoms with van der Waals surface area (Å²) in [5, 5.41) is 0. The molecule has 2 N–H and O–H groups in total. The summed E-state index contributed by atoms with van der Waals surface area (Å²) in [6, 6.07) is 2.70. The summed E-state index contributed by atoms with van der Waals surface area (Å²) in [5.41, 5.74) is 4.80. The molecule has 0 aliphatic carbocycles. The highest BCUT2D eigenvalue weighted by Gasteiger charge is 2.34. The summed E-state index contributed by atoms with van der Waals surface area (Å²) >= 11 is 0. The van der Waals surface area contributed by atoms with Crippen LogP contribution >= 0.6 is 0 Å². The molecule has 0 aliphatic heterocycles. The molecule has 1 atom stereocenters. The molecule has 0 saturated heterocycles. The Morgan fingerprint density at radius 3 is 2.30 bits per heavy atom. The highest BCUT2D eigenvalue weighted by Crippen LogP contribution is 2.33. The van der Waals surface area contributed by atoms with Gasteiger partial charge in [-0.15, -0.1) is 0 Å². The van der Waals surface area contributed by atoms with Crippen LogP contribution in [0.2, 0.25) is 0 Å². The molecule has 1 aromatic rings. The van der Waals surface area contributed by atoms with Crippen LogP contribution in [0.3, 0.4) is 0 Å². The number of nitrogens with two attached hydrogens (primary N) is 1. The van der Waals surface area contributed by atoms with E-state index in [9.17, 15) is 17.6 Å². The maximum Gasteiger partial charge on any atom is 0.419 e. The first-order valence-electron chi connectivity index (χ1n) is 6.43. The monoisotopic (exact) mass is 292 g/mol. The van der Waals surface area contributed by atoms with Crippen LogP contribution in [-0.4, -0.2) is 25.0 Å². The molecule has 2 nitrogen and oxygen atoms in total. The summed E-state index contributed by atoms with van der Waals surface area (Å²) in [6.07, 6.45) is -4.70. The molecule has 0 fully saturated rings. The SMILES string of the molecule is CC(C)CN(C)C(CN)c1ccc(F)c(C(F)(F)F)c1. The number of alkyl halides is 3. The third-order valence-electron chi connectivity index (χ3n) is 3.09. The third kappa shape index (κ3) is 4.18. The molecule has 0 heterocycles. The Morgan fingerprint density at radius 1 is 1.25 bits per heavy atom. The molecule has 0 aromatic heterocycles. The van der Waals surface area contributed by atoms with Crippen LogP contribution < -0.4 is 5.73 Å². The summed E-state index contributed by atoms with van der Waals surface area (Å²) in [5.74, 6) is -0.903. The lowest BCUT2D eigenvalue weighted by Gasteiger charge is -2.29. The summed E-state index contributed by atoms with van der Waals surface area (Å²) in [7, 11) is 1.80. The molecule has 20 heavy (non-hydrogen) atoms. The third-order valence-corrected chi connectivity index (χ3v) is 3.09. The fourth-order valence-corrected chi connectivity index (χ4v) is 2.24. The lowest BCUT2D eigenvalue weighted by molar-refractivity contribution is -0.140. The molecule has 0 radical (unpaired) electrons. The van der Waals surface area contributed by atoms with Gasteiger partial charge in [-0.3, -0.25) is 4.90 Å². The van der Waals surface area contributed by atoms with Crippen molar-refractivity contribution < 1.29 is 17.6 Å². The van der Waals surface area contributed by atoms with Crippen molar-refractivity contribution in [3.8, 4) is 0 Å². The molecular weight excluding hydrogens is 272 g/mol. The van der Waals surface area contributed by atoms with Gasteiger partial charge in [-0.05, 0) is 30.7 Å². The maximum absolute atomic E-state index is 13.3. The Kier molecular flexibility index (Phi) is 5.53. The van der Waals surface area contributed by atoms with Crippen molar-refractivity contribution >= 4 is 0 Å². The van der Waals surface area contributed by atoms with E-state index in [0.29, 0.717) is 18.0 Å². The molecule has 6 heteroatoms. The van der Waals surface area contributed by atoms with Crippen molar-refractivity contribution in [1.82, 2.24) is 4.90 Å². The van der Waals surface area contributed by atoms with Gasteiger partial charge in [0.2, 0.25) is 0 Å². The quantitative estimate of drug-likeness (QED) is 0.842. The Hall–Kier alpha value is -1.14. The van der Waals surface area contributed by atoms with Crippen LogP contribution in [0.15, 0.2) is 18.2 Å². The van der Waals surface area contributed by atoms with Crippen molar-refractivity contribution in [2.75, 3.05) is 20.1 Å². The molecule has 0 saturated carbocycles. The van der Waals surface area contributed by atoms with Crippen LogP contribution in [0.5, 0.6) is 0 Å². The molecular formula is C14H20F4N2. The maximum atomic E-state index is 13.3. The number of rotatable bonds is 5. The largest absolute Gasteiger partial charge is 0.419 e. The van der Waals surface area contributed by atoms with E-state index >= 15 is 0 Å². The number of hydrogen-bond acceptors (Lipinski definition) is 2. The fourth-order valence-electron chi connectivity index (χ4n) is 2.24. The highest BCUT2D eigenvalue weighted by molar-refractivity contribution is 5.29. The standard InChI is InChI=1S/C14H20F4N2/c1-9(2)8-20(3)13(7-19)10-4-5-12(15)11(6-10)14(16,17)18/h4-6,9,13H,7-8,19H2,1-3H3. The van der Waals surface area contributed by atoms with Crippen LogP contribution in [0.4, 0.5) is 17.6 Å². The van der Waals surface area contributed by atoms with Gasteiger partial charge in [0, 0.05) is 19.1 Å². The normalized spacial score (nSPS) is 14.1. The van der Waals surface area contributed by atoms with Crippen LogP contribution in [0.25, 0.3) is 0 Å². The van der Waals surface area contributed by atoms with E-state index in [0.717, 1.165) is 12.1 Å². The van der Waals surface area contributed by atoms with Crippen molar-refractivity contribution in [1.29, 1.82) is 0 Å². The lowest BCUT2D eigenvalue weighted by atomic mass is 10.0. The zero-order chi connectivity index (χ0) is 15.5. The summed E-state index contributed by atoms with van der Waals surface area (Å²) in [4.78, 5) is 1.89. The molecule has 1 unspecified atom stereocenters. The predicted molar refractivity (Wildman–Crippen MR) is 70.7 cm³/mol. The lowest BCUT2D eigenvalue weighted by Crippen LogP contribution is -2.33. The molecule has 0 bridgehead atoms. The molecule has 1 rings (SSSR count). The summed E-state index contributed by atoms with van der Waals surface area (Å²) in [6.45, 7) is 4.89. The van der Waals surface area contributed by atoms with Gasteiger partial charge in [0.05, 0.1) is 5.56 Å². The van der Waals surface area contributed by atoms with Crippen LogP contribution in [0.1, 0.15) is 31.0 Å². The van der Waals surface area contributed by atoms with Gasteiger partial charge >= 0.3 is 6.18 Å². The zero-order valence-corrected chi connectivity index (χ0v) is 11.8. The van der Waals surface area contributed by atoms with Crippen molar-refractivity contribution in [2.45, 2.75) is 26.1 Å². The highest BCUT2D eigenvalue weighted by atomic mass is 19.4. The van der Waals surface area contributed by atoms with Crippen LogP contribution in [-0.2, 0) is 6.18 Å². The second-order valence-corrected chi connectivity index (χ2v) is 5.32. The first-order chi connectivity index (χ1) is 9.16. The smallest absolute Gasteiger partial charge is 0.329 e. The number of halogens is 4. The van der Waals surface area contributed by atoms with Gasteiger partial charge in [0.25, 0.3) is 0 Å². The van der Waals surface area contributed by atoms with Crippen molar-refractivity contribution in [3.63, 3.8) is 0 Å². The van der Waals surface area contributed by atoms with Gasteiger partial charge < -0.3 is 5.73 Å². The molecule has 0 aliphatic rings. The second-order valence-electron chi connectivity index (χ2n) is 5.32. The van der Waals surface area contributed by atoms with Gasteiger partial charge in [0.15, 0.2) is 0 Å². The molecule has 114 valence electrons. The van der Waals surface area contributed by atoms with Crippen molar-refractivity contribution in [3.05, 3.63) is 35.1 Å². The van der Waals surface area contributed by atoms with E-state index < -0.39 is 17.6 Å². The Labute approximate surface area is 116 Å². The zero-order valence-electron chi connectivity index (χ0n) is 11.8. The minimum Gasteiger partial charge on any atom is -0.329 e. The average molecular weight is 292 g/mol. The van der Waals surface area contributed by atoms with E-state index in [1.54, 1.807) is 7.05 Å². The molecule has 0 spiro atoms. The van der Waals surface area contributed by atoms with Crippen molar-refractivity contribution in [2.24, 2.45) is 11.7 Å². The van der Waals surface area contributed by atoms with Crippen LogP contribution in [0, 0.1) is 11.7 Å². The number of likely N-dealkylation sites (N-methyl/N-ethyl adjacent to an activating group) is 1. The Balaban J connectivity index is 3.11. The van der Waals surface area contributed by atoms with Gasteiger partial charge in [-0.25, -0.2) is 4.39 Å². The van der Waals surface area contributed by atoms with E-state index in [-0.39, 0.29) is 12.6 Å². The topological polar surface area (TPSA) is 29.3 Å². The minimum atomic E-state index is -4.70. The summed E-state index contributed by atoms with van der Waals surface area (Å²) < 4.78 is 51.4. The van der Waals surface area contributed by atoms with E-state index in [1.165, 1.54) is 6.07 Å². The Morgan fingerprint density at radius 2 is 1.85 bits per heavy atom. The first-order valence-corrected chi connectivity index (χ1v) is 6.43. The first kappa shape index (κ1) is 16.9. The van der Waals surface area contributed by atoms with Gasteiger partial charge in [-0.2, -0.15) is 13.2 Å². The molecule has 0 amide bonds. The average Bonchev–Trinajstić information content (AvgIpc) is 2.29. The Bertz CT molecular complexity index is 443. The number of benzene rings is 1. The van der Waals surface area contributed by atoms with E-state index in [2.05, 4.69) is 0 Å². The fraction of sp³-hybridized carbons (Fsp3) is 0.571. The van der Waals surface area contributed by atoms with Gasteiger partial charge in [-0.1, -0.05) is 19.9 Å².